The number of nitrogens with two attached hydrogens (primary N) is 1. The van der Waals surface area contributed by atoms with Gasteiger partial charge in [-0.2, -0.15) is 0 Å². The predicted octanol–water partition coefficient (Wildman–Crippen LogP) is 2.24. The lowest BCUT2D eigenvalue weighted by Gasteiger charge is -2.14. The maximum absolute atomic E-state index is 13.8. The Bertz CT molecular complexity index is 373. The smallest absolute Gasteiger partial charge is 0.322 e. The third kappa shape index (κ3) is 3.18. The van der Waals surface area contributed by atoms with Crippen molar-refractivity contribution < 1.29 is 13.9 Å². The minimum atomic E-state index is -1.37. The van der Waals surface area contributed by atoms with E-state index in [1.165, 1.54) is 7.11 Å². The van der Waals surface area contributed by atoms with Crippen LogP contribution in [-0.4, -0.2) is 19.1 Å². The van der Waals surface area contributed by atoms with Crippen molar-refractivity contribution in [3.8, 4) is 0 Å². The zero-order valence-corrected chi connectivity index (χ0v) is 9.58. The normalized spacial score (nSPS) is 14.2. The Morgan fingerprint density at radius 3 is 2.75 bits per heavy atom. The van der Waals surface area contributed by atoms with E-state index in [4.69, 9.17) is 17.3 Å². The van der Waals surface area contributed by atoms with Gasteiger partial charge in [0.1, 0.15) is 12.2 Å². The first kappa shape index (κ1) is 12.9. The first-order chi connectivity index (χ1) is 7.56. The second-order valence-corrected chi connectivity index (χ2v) is 3.76. The van der Waals surface area contributed by atoms with Gasteiger partial charge in [-0.25, -0.2) is 4.39 Å². The van der Waals surface area contributed by atoms with Crippen molar-refractivity contribution in [3.63, 3.8) is 0 Å². The number of hydrogen-bond acceptors (Lipinski definition) is 3. The standard InChI is InChI=1S/C11H13ClFNO2/c1-16-11(15)10(14)6-9(13)7-4-2-3-5-8(7)12/h2-5,9-10H,6,14H2,1H3. The summed E-state index contributed by atoms with van der Waals surface area (Å²) in [5, 5.41) is 0.326. The maximum atomic E-state index is 13.8. The molecule has 0 radical (unpaired) electrons. The van der Waals surface area contributed by atoms with Gasteiger partial charge in [-0.15, -0.1) is 0 Å². The molecular weight excluding hydrogens is 233 g/mol. The van der Waals surface area contributed by atoms with Crippen LogP contribution < -0.4 is 5.73 Å². The van der Waals surface area contributed by atoms with Gasteiger partial charge in [0.05, 0.1) is 7.11 Å². The fourth-order valence-corrected chi connectivity index (χ4v) is 1.58. The Morgan fingerprint density at radius 1 is 1.56 bits per heavy atom. The fraction of sp³-hybridized carbons (Fsp3) is 0.364. The number of methoxy groups -OCH3 is 1. The lowest BCUT2D eigenvalue weighted by atomic mass is 10.0. The zero-order chi connectivity index (χ0) is 12.1. The molecule has 0 aromatic heterocycles. The van der Waals surface area contributed by atoms with Gasteiger partial charge in [0, 0.05) is 17.0 Å². The number of benzene rings is 1. The van der Waals surface area contributed by atoms with E-state index in [2.05, 4.69) is 4.74 Å². The van der Waals surface area contributed by atoms with Crippen LogP contribution in [0.1, 0.15) is 18.2 Å². The van der Waals surface area contributed by atoms with Crippen LogP contribution >= 0.6 is 11.6 Å². The van der Waals surface area contributed by atoms with Gasteiger partial charge in [-0.05, 0) is 6.07 Å². The van der Waals surface area contributed by atoms with Crippen LogP contribution in [-0.2, 0) is 9.53 Å². The fourth-order valence-electron chi connectivity index (χ4n) is 1.33. The van der Waals surface area contributed by atoms with Gasteiger partial charge < -0.3 is 10.5 Å². The summed E-state index contributed by atoms with van der Waals surface area (Å²) in [6.45, 7) is 0. The van der Waals surface area contributed by atoms with Crippen LogP contribution in [0, 0.1) is 0 Å². The van der Waals surface area contributed by atoms with Crippen molar-refractivity contribution in [3.05, 3.63) is 34.9 Å². The van der Waals surface area contributed by atoms with E-state index in [1.807, 2.05) is 0 Å². The predicted molar refractivity (Wildman–Crippen MR) is 59.9 cm³/mol. The minimum Gasteiger partial charge on any atom is -0.468 e. The van der Waals surface area contributed by atoms with Gasteiger partial charge >= 0.3 is 5.97 Å². The molecule has 16 heavy (non-hydrogen) atoms. The number of alkyl halides is 1. The van der Waals surface area contributed by atoms with E-state index in [-0.39, 0.29) is 6.42 Å². The summed E-state index contributed by atoms with van der Waals surface area (Å²) in [6, 6.07) is 5.57. The largest absolute Gasteiger partial charge is 0.468 e. The van der Waals surface area contributed by atoms with Gasteiger partial charge in [0.15, 0.2) is 0 Å². The highest BCUT2D eigenvalue weighted by molar-refractivity contribution is 6.31. The molecule has 1 aromatic rings. The Hall–Kier alpha value is -1.13. The third-order valence-corrected chi connectivity index (χ3v) is 2.55. The van der Waals surface area contributed by atoms with Gasteiger partial charge in [0.2, 0.25) is 0 Å². The summed E-state index contributed by atoms with van der Waals surface area (Å²) in [5.74, 6) is -0.630. The molecule has 0 aliphatic carbocycles. The Balaban J connectivity index is 2.69. The highest BCUT2D eigenvalue weighted by Crippen LogP contribution is 2.28. The molecule has 0 aliphatic rings. The van der Waals surface area contributed by atoms with E-state index in [1.54, 1.807) is 24.3 Å². The molecule has 2 atom stereocenters. The van der Waals surface area contributed by atoms with Crippen LogP contribution in [0.2, 0.25) is 5.02 Å². The summed E-state index contributed by atoms with van der Waals surface area (Å²) in [5.41, 5.74) is 5.80. The van der Waals surface area contributed by atoms with E-state index < -0.39 is 18.2 Å². The number of rotatable bonds is 4. The highest BCUT2D eigenvalue weighted by Gasteiger charge is 2.22. The SMILES string of the molecule is COC(=O)C(N)CC(F)c1ccccc1Cl. The van der Waals surface area contributed by atoms with Gasteiger partial charge in [-0.3, -0.25) is 4.79 Å². The lowest BCUT2D eigenvalue weighted by Crippen LogP contribution is -2.32. The van der Waals surface area contributed by atoms with Crippen LogP contribution in [0.25, 0.3) is 0 Å². The summed E-state index contributed by atoms with van der Waals surface area (Å²) >= 11 is 5.82. The van der Waals surface area contributed by atoms with E-state index >= 15 is 0 Å². The molecule has 0 spiro atoms. The summed E-state index contributed by atoms with van der Waals surface area (Å²) in [4.78, 5) is 11.0. The van der Waals surface area contributed by atoms with Crippen molar-refractivity contribution in [1.29, 1.82) is 0 Å². The average Bonchev–Trinajstić information content (AvgIpc) is 2.28. The second-order valence-electron chi connectivity index (χ2n) is 3.35. The maximum Gasteiger partial charge on any atom is 0.322 e. The quantitative estimate of drug-likeness (QED) is 0.828. The molecule has 0 saturated carbocycles. The van der Waals surface area contributed by atoms with Crippen LogP contribution in [0.4, 0.5) is 4.39 Å². The number of halogens is 2. The molecule has 3 nitrogen and oxygen atoms in total. The number of carbonyl (C=O) groups is 1. The number of hydrogen-bond donors (Lipinski definition) is 1. The molecule has 0 amide bonds. The molecule has 0 fully saturated rings. The number of esters is 1. The first-order valence-electron chi connectivity index (χ1n) is 4.78. The summed E-state index contributed by atoms with van der Waals surface area (Å²) in [6.07, 6.45) is -1.51. The van der Waals surface area contributed by atoms with Crippen molar-refractivity contribution in [2.45, 2.75) is 18.6 Å². The highest BCUT2D eigenvalue weighted by atomic mass is 35.5. The van der Waals surface area contributed by atoms with Crippen LogP contribution in [0.5, 0.6) is 0 Å². The van der Waals surface area contributed by atoms with Crippen molar-refractivity contribution in [2.75, 3.05) is 7.11 Å². The third-order valence-electron chi connectivity index (χ3n) is 2.21. The molecule has 5 heteroatoms. The van der Waals surface area contributed by atoms with E-state index in [9.17, 15) is 9.18 Å². The number of ether oxygens (including phenoxy) is 1. The Labute approximate surface area is 98.3 Å². The van der Waals surface area contributed by atoms with Crippen molar-refractivity contribution >= 4 is 17.6 Å². The molecule has 2 N–H and O–H groups in total. The van der Waals surface area contributed by atoms with Gasteiger partial charge in [-0.1, -0.05) is 29.8 Å². The molecule has 0 aliphatic heterocycles. The number of carbonyl (C=O) groups excluding carboxylic acids is 1. The molecular formula is C11H13ClFNO2. The minimum absolute atomic E-state index is 0.142. The molecule has 2 unspecified atom stereocenters. The van der Waals surface area contributed by atoms with Crippen molar-refractivity contribution in [1.82, 2.24) is 0 Å². The van der Waals surface area contributed by atoms with Crippen molar-refractivity contribution in [2.24, 2.45) is 5.73 Å². The van der Waals surface area contributed by atoms with E-state index in [0.717, 1.165) is 0 Å². The molecule has 1 rings (SSSR count). The Morgan fingerprint density at radius 2 is 2.19 bits per heavy atom. The lowest BCUT2D eigenvalue weighted by molar-refractivity contribution is -0.142. The van der Waals surface area contributed by atoms with E-state index in [0.29, 0.717) is 10.6 Å². The van der Waals surface area contributed by atoms with Crippen LogP contribution in [0.3, 0.4) is 0 Å². The molecule has 0 saturated heterocycles. The molecule has 1 aromatic carbocycles. The summed E-state index contributed by atoms with van der Waals surface area (Å²) in [7, 11) is 1.21. The van der Waals surface area contributed by atoms with Crippen LogP contribution in [0.15, 0.2) is 24.3 Å². The summed E-state index contributed by atoms with van der Waals surface area (Å²) < 4.78 is 18.2. The zero-order valence-electron chi connectivity index (χ0n) is 8.82. The average molecular weight is 246 g/mol. The molecule has 0 bridgehead atoms. The second kappa shape index (κ2) is 5.82. The molecule has 0 heterocycles. The topological polar surface area (TPSA) is 52.3 Å². The van der Waals surface area contributed by atoms with Gasteiger partial charge in [0.25, 0.3) is 0 Å². The monoisotopic (exact) mass is 245 g/mol. The first-order valence-corrected chi connectivity index (χ1v) is 5.16. The Kier molecular flexibility index (Phi) is 4.71. The molecule has 88 valence electrons.